The van der Waals surface area contributed by atoms with Gasteiger partial charge in [-0.05, 0) is 18.1 Å². The van der Waals surface area contributed by atoms with Gasteiger partial charge in [0.25, 0.3) is 5.91 Å². The third-order valence-corrected chi connectivity index (χ3v) is 3.25. The molecular weight excluding hydrogens is 305 g/mol. The maximum Gasteiger partial charge on any atom is 0.326 e. The Balaban J connectivity index is 3.01. The van der Waals surface area contributed by atoms with E-state index in [4.69, 9.17) is 33.0 Å². The van der Waals surface area contributed by atoms with Gasteiger partial charge in [-0.1, -0.05) is 37.0 Å². The third-order valence-electron chi connectivity index (χ3n) is 2.68. The van der Waals surface area contributed by atoms with Gasteiger partial charge in [0.15, 0.2) is 5.75 Å². The lowest BCUT2D eigenvalue weighted by molar-refractivity contribution is -0.140. The number of benzene rings is 1. The standard InChI is InChI=1S/C13H15Cl2NO4/c1-6(2)10(13(18)19)16-12(17)7-4-8(14)11(20-3)9(15)5-7/h4-6,10H,1-3H3,(H,16,17)(H,18,19)/t10-/m1/s1. The Labute approximate surface area is 126 Å². The zero-order valence-electron chi connectivity index (χ0n) is 11.2. The molecule has 1 aromatic rings. The smallest absolute Gasteiger partial charge is 0.326 e. The van der Waals surface area contributed by atoms with E-state index in [2.05, 4.69) is 5.32 Å². The first-order valence-electron chi connectivity index (χ1n) is 5.84. The van der Waals surface area contributed by atoms with Gasteiger partial charge >= 0.3 is 5.97 Å². The van der Waals surface area contributed by atoms with Gasteiger partial charge < -0.3 is 15.2 Å². The minimum Gasteiger partial charge on any atom is -0.494 e. The monoisotopic (exact) mass is 319 g/mol. The molecule has 2 N–H and O–H groups in total. The molecule has 0 saturated heterocycles. The van der Waals surface area contributed by atoms with Crippen LogP contribution in [0, 0.1) is 5.92 Å². The number of rotatable bonds is 5. The number of ether oxygens (including phenoxy) is 1. The SMILES string of the molecule is COc1c(Cl)cc(C(=O)N[C@@H](C(=O)O)C(C)C)cc1Cl. The third kappa shape index (κ3) is 3.77. The normalized spacial score (nSPS) is 12.1. The van der Waals surface area contributed by atoms with Crippen molar-refractivity contribution in [3.8, 4) is 5.75 Å². The number of methoxy groups -OCH3 is 1. The van der Waals surface area contributed by atoms with E-state index in [0.717, 1.165) is 0 Å². The first kappa shape index (κ1) is 16.6. The predicted octanol–water partition coefficient (Wildman–Crippen LogP) is 2.84. The highest BCUT2D eigenvalue weighted by atomic mass is 35.5. The molecule has 0 spiro atoms. The Morgan fingerprint density at radius 3 is 2.10 bits per heavy atom. The van der Waals surface area contributed by atoms with E-state index in [9.17, 15) is 9.59 Å². The van der Waals surface area contributed by atoms with Crippen LogP contribution in [0.15, 0.2) is 12.1 Å². The summed E-state index contributed by atoms with van der Waals surface area (Å²) in [6.45, 7) is 3.40. The lowest BCUT2D eigenvalue weighted by atomic mass is 10.0. The fourth-order valence-electron chi connectivity index (χ4n) is 1.62. The van der Waals surface area contributed by atoms with Crippen molar-refractivity contribution in [3.63, 3.8) is 0 Å². The summed E-state index contributed by atoms with van der Waals surface area (Å²) < 4.78 is 4.98. The van der Waals surface area contributed by atoms with Crippen molar-refractivity contribution >= 4 is 35.1 Å². The molecule has 0 radical (unpaired) electrons. The van der Waals surface area contributed by atoms with Gasteiger partial charge in [-0.15, -0.1) is 0 Å². The number of carboxylic acids is 1. The number of carbonyl (C=O) groups excluding carboxylic acids is 1. The summed E-state index contributed by atoms with van der Waals surface area (Å²) >= 11 is 11.9. The molecule has 20 heavy (non-hydrogen) atoms. The molecule has 0 aliphatic carbocycles. The first-order chi connectivity index (χ1) is 9.27. The van der Waals surface area contributed by atoms with Crippen LogP contribution in [0.2, 0.25) is 10.0 Å². The van der Waals surface area contributed by atoms with Crippen LogP contribution in [0.4, 0.5) is 0 Å². The van der Waals surface area contributed by atoms with Crippen LogP contribution >= 0.6 is 23.2 Å². The Morgan fingerprint density at radius 1 is 1.25 bits per heavy atom. The number of carboxylic acid groups (broad SMARTS) is 1. The van der Waals surface area contributed by atoms with Crippen molar-refractivity contribution in [2.75, 3.05) is 7.11 Å². The van der Waals surface area contributed by atoms with Gasteiger partial charge in [0.2, 0.25) is 0 Å². The number of amides is 1. The molecular formula is C13H15Cl2NO4. The summed E-state index contributed by atoms with van der Waals surface area (Å²) in [7, 11) is 1.41. The van der Waals surface area contributed by atoms with Gasteiger partial charge in [0.05, 0.1) is 17.2 Å². The number of halogens is 2. The Bertz CT molecular complexity index is 508. The lowest BCUT2D eigenvalue weighted by Crippen LogP contribution is -2.44. The second-order valence-electron chi connectivity index (χ2n) is 4.51. The minimum absolute atomic E-state index is 0.174. The van der Waals surface area contributed by atoms with Gasteiger partial charge in [-0.2, -0.15) is 0 Å². The van der Waals surface area contributed by atoms with Crippen LogP contribution in [0.1, 0.15) is 24.2 Å². The van der Waals surface area contributed by atoms with Gasteiger partial charge in [-0.3, -0.25) is 4.79 Å². The van der Waals surface area contributed by atoms with Crippen molar-refractivity contribution in [1.82, 2.24) is 5.32 Å². The first-order valence-corrected chi connectivity index (χ1v) is 6.60. The van der Waals surface area contributed by atoms with E-state index in [1.165, 1.54) is 19.2 Å². The van der Waals surface area contributed by atoms with Crippen molar-refractivity contribution < 1.29 is 19.4 Å². The highest BCUT2D eigenvalue weighted by molar-refractivity contribution is 6.37. The van der Waals surface area contributed by atoms with Gasteiger partial charge in [-0.25, -0.2) is 4.79 Å². The van der Waals surface area contributed by atoms with Crippen molar-refractivity contribution in [2.24, 2.45) is 5.92 Å². The van der Waals surface area contributed by atoms with Gasteiger partial charge in [0, 0.05) is 5.56 Å². The van der Waals surface area contributed by atoms with Crippen molar-refractivity contribution in [2.45, 2.75) is 19.9 Å². The molecule has 110 valence electrons. The fraction of sp³-hybridized carbons (Fsp3) is 0.385. The van der Waals surface area contributed by atoms with Crippen LogP contribution in [0.5, 0.6) is 5.75 Å². The summed E-state index contributed by atoms with van der Waals surface area (Å²) in [6, 6.07) is 1.77. The highest BCUT2D eigenvalue weighted by Crippen LogP contribution is 2.33. The average molecular weight is 320 g/mol. The molecule has 0 aliphatic heterocycles. The second-order valence-corrected chi connectivity index (χ2v) is 5.32. The molecule has 1 amide bonds. The summed E-state index contributed by atoms with van der Waals surface area (Å²) in [5, 5.41) is 11.8. The molecule has 0 aromatic heterocycles. The zero-order valence-corrected chi connectivity index (χ0v) is 12.7. The van der Waals surface area contributed by atoms with E-state index in [1.807, 2.05) is 0 Å². The number of nitrogens with one attached hydrogen (secondary N) is 1. The molecule has 5 nitrogen and oxygen atoms in total. The second kappa shape index (κ2) is 6.81. The van der Waals surface area contributed by atoms with Crippen LogP contribution in [-0.4, -0.2) is 30.1 Å². The molecule has 1 rings (SSSR count). The van der Waals surface area contributed by atoms with Crippen molar-refractivity contribution in [3.05, 3.63) is 27.7 Å². The average Bonchev–Trinajstić information content (AvgIpc) is 2.34. The van der Waals surface area contributed by atoms with Crippen LogP contribution in [0.25, 0.3) is 0 Å². The maximum atomic E-state index is 12.0. The Kier molecular flexibility index (Phi) is 5.65. The van der Waals surface area contributed by atoms with Gasteiger partial charge in [0.1, 0.15) is 6.04 Å². The van der Waals surface area contributed by atoms with Crippen molar-refractivity contribution in [1.29, 1.82) is 0 Å². The maximum absolute atomic E-state index is 12.0. The highest BCUT2D eigenvalue weighted by Gasteiger charge is 2.24. The Morgan fingerprint density at radius 2 is 1.75 bits per heavy atom. The molecule has 0 unspecified atom stereocenters. The van der Waals surface area contributed by atoms with E-state index in [0.29, 0.717) is 0 Å². The lowest BCUT2D eigenvalue weighted by Gasteiger charge is -2.18. The van der Waals surface area contributed by atoms with Crippen LogP contribution in [0.3, 0.4) is 0 Å². The molecule has 0 saturated carbocycles. The molecule has 1 aromatic carbocycles. The number of carbonyl (C=O) groups is 2. The molecule has 1 atom stereocenters. The van der Waals surface area contributed by atoms with E-state index in [1.54, 1.807) is 13.8 Å². The van der Waals surface area contributed by atoms with E-state index >= 15 is 0 Å². The predicted molar refractivity (Wildman–Crippen MR) is 76.7 cm³/mol. The number of hydrogen-bond acceptors (Lipinski definition) is 3. The summed E-state index contributed by atoms with van der Waals surface area (Å²) in [5.41, 5.74) is 0.174. The summed E-state index contributed by atoms with van der Waals surface area (Å²) in [6.07, 6.45) is 0. The molecule has 7 heteroatoms. The summed E-state index contributed by atoms with van der Waals surface area (Å²) in [4.78, 5) is 23.1. The number of hydrogen-bond donors (Lipinski definition) is 2. The molecule has 0 aliphatic rings. The van der Waals surface area contributed by atoms with E-state index < -0.39 is 17.9 Å². The fourth-order valence-corrected chi connectivity index (χ4v) is 2.27. The quantitative estimate of drug-likeness (QED) is 0.875. The largest absolute Gasteiger partial charge is 0.494 e. The topological polar surface area (TPSA) is 75.6 Å². The van der Waals surface area contributed by atoms with Crippen LogP contribution in [-0.2, 0) is 4.79 Å². The molecule has 0 bridgehead atoms. The van der Waals surface area contributed by atoms with Crippen LogP contribution < -0.4 is 10.1 Å². The minimum atomic E-state index is -1.10. The zero-order chi connectivity index (χ0) is 15.4. The summed E-state index contributed by atoms with van der Waals surface area (Å²) in [5.74, 6) is -1.64. The van der Waals surface area contributed by atoms with E-state index in [-0.39, 0.29) is 27.3 Å². The number of aliphatic carboxylic acids is 1. The Hall–Kier alpha value is -1.46. The molecule has 0 heterocycles. The molecule has 0 fully saturated rings.